The summed E-state index contributed by atoms with van der Waals surface area (Å²) in [5.41, 5.74) is 2.17. The second-order valence-corrected chi connectivity index (χ2v) is 6.48. The first-order chi connectivity index (χ1) is 5.99. The Kier molecular flexibility index (Phi) is 3.94. The maximum Gasteiger partial charge on any atom is 0.266 e. The minimum Gasteiger partial charge on any atom is -0.271 e. The summed E-state index contributed by atoms with van der Waals surface area (Å²) in [4.78, 5) is 16.6. The smallest absolute Gasteiger partial charge is 0.266 e. The Morgan fingerprint density at radius 1 is 1.38 bits per heavy atom. The summed E-state index contributed by atoms with van der Waals surface area (Å²) in [6.45, 7) is 5.71. The Labute approximate surface area is 87.3 Å². The van der Waals surface area contributed by atoms with E-state index in [0.29, 0.717) is 0 Å². The average molecular weight is 221 g/mol. The molecule has 13 heavy (non-hydrogen) atoms. The molecule has 0 spiro atoms. The molecule has 0 radical (unpaired) electrons. The molecule has 76 valence electrons. The van der Waals surface area contributed by atoms with Crippen molar-refractivity contribution in [1.29, 1.82) is 0 Å². The van der Waals surface area contributed by atoms with E-state index >= 15 is 0 Å². The van der Waals surface area contributed by atoms with Crippen LogP contribution < -0.4 is 5.48 Å². The normalized spacial score (nSPS) is 19.0. The molecule has 0 atom stereocenters. The lowest BCUT2D eigenvalue weighted by molar-refractivity contribution is -0.143. The molecule has 1 saturated heterocycles. The predicted octanol–water partition coefficient (Wildman–Crippen LogP) is 1.64. The second-order valence-electron chi connectivity index (χ2n) is 3.75. The van der Waals surface area contributed by atoms with Crippen molar-refractivity contribution >= 4 is 29.4 Å². The molecular formula is C8H15NO2S2. The number of hydrogen-bond acceptors (Lipinski definition) is 4. The van der Waals surface area contributed by atoms with Crippen LogP contribution in [0.2, 0.25) is 0 Å². The monoisotopic (exact) mass is 221 g/mol. The van der Waals surface area contributed by atoms with E-state index in [2.05, 4.69) is 5.48 Å². The lowest BCUT2D eigenvalue weighted by Crippen LogP contribution is -2.36. The number of hydrogen-bond donors (Lipinski definition) is 1. The van der Waals surface area contributed by atoms with Crippen LogP contribution in [-0.2, 0) is 9.63 Å². The third-order valence-electron chi connectivity index (χ3n) is 1.29. The second kappa shape index (κ2) is 4.57. The highest BCUT2D eigenvalue weighted by Crippen LogP contribution is 2.31. The van der Waals surface area contributed by atoms with E-state index in [1.165, 1.54) is 0 Å². The fraction of sp³-hybridized carbons (Fsp3) is 0.875. The molecule has 1 aliphatic heterocycles. The molecule has 0 unspecified atom stereocenters. The molecule has 1 aliphatic rings. The van der Waals surface area contributed by atoms with Crippen molar-refractivity contribution in [3.63, 3.8) is 0 Å². The maximum absolute atomic E-state index is 11.4. The van der Waals surface area contributed by atoms with Gasteiger partial charge in [0.1, 0.15) is 4.58 Å². The molecular weight excluding hydrogens is 206 g/mol. The number of hydroxylamine groups is 1. The Morgan fingerprint density at radius 2 is 1.92 bits per heavy atom. The summed E-state index contributed by atoms with van der Waals surface area (Å²) in [6.07, 6.45) is 0. The number of nitrogens with one attached hydrogen (secondary N) is 1. The van der Waals surface area contributed by atoms with Gasteiger partial charge in [-0.3, -0.25) is 9.63 Å². The molecule has 1 rings (SSSR count). The fourth-order valence-corrected chi connectivity index (χ4v) is 3.32. The van der Waals surface area contributed by atoms with Gasteiger partial charge in [-0.1, -0.05) is 0 Å². The van der Waals surface area contributed by atoms with Crippen LogP contribution in [0.5, 0.6) is 0 Å². The topological polar surface area (TPSA) is 38.3 Å². The molecule has 1 amide bonds. The third kappa shape index (κ3) is 4.24. The summed E-state index contributed by atoms with van der Waals surface area (Å²) < 4.78 is 0.0161. The van der Waals surface area contributed by atoms with E-state index in [1.807, 2.05) is 20.8 Å². The van der Waals surface area contributed by atoms with Crippen LogP contribution in [0.4, 0.5) is 0 Å². The number of amides is 1. The van der Waals surface area contributed by atoms with Gasteiger partial charge >= 0.3 is 0 Å². The Bertz CT molecular complexity index is 185. The summed E-state index contributed by atoms with van der Waals surface area (Å²) in [7, 11) is 0. The summed E-state index contributed by atoms with van der Waals surface area (Å²) in [5.74, 6) is 2.08. The molecule has 0 aromatic carbocycles. The van der Waals surface area contributed by atoms with Crippen LogP contribution in [0.25, 0.3) is 0 Å². The lowest BCUT2D eigenvalue weighted by atomic mass is 10.2. The van der Waals surface area contributed by atoms with Crippen LogP contribution >= 0.6 is 23.5 Å². The van der Waals surface area contributed by atoms with Crippen molar-refractivity contribution in [1.82, 2.24) is 5.48 Å². The van der Waals surface area contributed by atoms with Crippen LogP contribution in [0, 0.1) is 0 Å². The molecule has 0 aromatic heterocycles. The average Bonchev–Trinajstić information content (AvgIpc) is 2.50. The molecule has 3 nitrogen and oxygen atoms in total. The van der Waals surface area contributed by atoms with E-state index in [-0.39, 0.29) is 16.1 Å². The first kappa shape index (κ1) is 11.2. The van der Waals surface area contributed by atoms with E-state index in [4.69, 9.17) is 4.84 Å². The van der Waals surface area contributed by atoms with Gasteiger partial charge in [-0.05, 0) is 20.8 Å². The van der Waals surface area contributed by atoms with Crippen molar-refractivity contribution < 1.29 is 9.63 Å². The number of carbonyl (C=O) groups is 1. The van der Waals surface area contributed by atoms with E-state index in [0.717, 1.165) is 11.5 Å². The van der Waals surface area contributed by atoms with Gasteiger partial charge in [0.15, 0.2) is 0 Å². The highest BCUT2D eigenvalue weighted by atomic mass is 32.2. The van der Waals surface area contributed by atoms with Crippen LogP contribution in [0.15, 0.2) is 0 Å². The largest absolute Gasteiger partial charge is 0.271 e. The first-order valence-corrected chi connectivity index (χ1v) is 6.30. The molecule has 0 aromatic rings. The van der Waals surface area contributed by atoms with Gasteiger partial charge in [-0.25, -0.2) is 5.48 Å². The minimum atomic E-state index is -0.316. The van der Waals surface area contributed by atoms with Gasteiger partial charge in [0.05, 0.1) is 5.60 Å². The van der Waals surface area contributed by atoms with Gasteiger partial charge in [0.25, 0.3) is 5.91 Å². The van der Waals surface area contributed by atoms with Crippen molar-refractivity contribution in [2.45, 2.75) is 31.0 Å². The fourth-order valence-electron chi connectivity index (χ4n) is 0.761. The predicted molar refractivity (Wildman–Crippen MR) is 57.7 cm³/mol. The van der Waals surface area contributed by atoms with Crippen molar-refractivity contribution in [2.24, 2.45) is 0 Å². The molecule has 0 saturated carbocycles. The summed E-state index contributed by atoms with van der Waals surface area (Å²) in [6, 6.07) is 0. The molecule has 5 heteroatoms. The molecule has 1 fully saturated rings. The highest BCUT2D eigenvalue weighted by molar-refractivity contribution is 8.21. The number of thioether (sulfide) groups is 2. The van der Waals surface area contributed by atoms with Crippen molar-refractivity contribution in [3.05, 3.63) is 0 Å². The standard InChI is InChI=1S/C8H15NO2S2/c1-8(2,3)11-9-6(10)7-12-4-5-13-7/h7H,4-5H2,1-3H3,(H,9,10). The van der Waals surface area contributed by atoms with Crippen LogP contribution in [0.1, 0.15) is 20.8 Å². The zero-order valence-corrected chi connectivity index (χ0v) is 9.76. The molecule has 1 N–H and O–H groups in total. The third-order valence-corrected chi connectivity index (χ3v) is 4.28. The van der Waals surface area contributed by atoms with Crippen LogP contribution in [0.3, 0.4) is 0 Å². The van der Waals surface area contributed by atoms with Crippen LogP contribution in [-0.4, -0.2) is 27.6 Å². The molecule has 0 aliphatic carbocycles. The van der Waals surface area contributed by atoms with E-state index in [1.54, 1.807) is 23.5 Å². The highest BCUT2D eigenvalue weighted by Gasteiger charge is 2.25. The van der Waals surface area contributed by atoms with Gasteiger partial charge in [0.2, 0.25) is 0 Å². The lowest BCUT2D eigenvalue weighted by Gasteiger charge is -2.20. The molecule has 0 bridgehead atoms. The quantitative estimate of drug-likeness (QED) is 0.719. The molecule has 1 heterocycles. The SMILES string of the molecule is CC(C)(C)ONC(=O)C1SCCS1. The van der Waals surface area contributed by atoms with Crippen molar-refractivity contribution in [2.75, 3.05) is 11.5 Å². The Balaban J connectivity index is 2.25. The number of rotatable bonds is 2. The van der Waals surface area contributed by atoms with Gasteiger partial charge < -0.3 is 0 Å². The maximum atomic E-state index is 11.4. The Hall–Kier alpha value is 0.130. The zero-order chi connectivity index (χ0) is 9.90. The summed E-state index contributed by atoms with van der Waals surface area (Å²) in [5, 5.41) is 0. The van der Waals surface area contributed by atoms with Gasteiger partial charge in [-0.2, -0.15) is 0 Å². The van der Waals surface area contributed by atoms with E-state index < -0.39 is 0 Å². The zero-order valence-electron chi connectivity index (χ0n) is 8.12. The van der Waals surface area contributed by atoms with Gasteiger partial charge in [0, 0.05) is 11.5 Å². The van der Waals surface area contributed by atoms with Crippen molar-refractivity contribution in [3.8, 4) is 0 Å². The Morgan fingerprint density at radius 3 is 2.38 bits per heavy atom. The van der Waals surface area contributed by atoms with Gasteiger partial charge in [-0.15, -0.1) is 23.5 Å². The van der Waals surface area contributed by atoms with E-state index in [9.17, 15) is 4.79 Å². The number of carbonyl (C=O) groups excluding carboxylic acids is 1. The minimum absolute atomic E-state index is 0.0161. The summed E-state index contributed by atoms with van der Waals surface area (Å²) >= 11 is 3.34. The first-order valence-electron chi connectivity index (χ1n) is 4.20.